The van der Waals surface area contributed by atoms with E-state index in [9.17, 15) is 4.79 Å². The molecule has 25 heavy (non-hydrogen) atoms. The van der Waals surface area contributed by atoms with Crippen molar-refractivity contribution in [1.29, 1.82) is 0 Å². The maximum absolute atomic E-state index is 12.4. The SMILES string of the molecule is CN(c1ccccc1)c1cc(C(=O)NCc2ccc(Cl)cc2)ncn1. The van der Waals surface area contributed by atoms with Crippen LogP contribution >= 0.6 is 11.6 Å². The number of nitrogens with zero attached hydrogens (tertiary/aromatic N) is 3. The van der Waals surface area contributed by atoms with Gasteiger partial charge >= 0.3 is 0 Å². The molecule has 0 aliphatic rings. The third-order valence-corrected chi connectivity index (χ3v) is 3.99. The first-order valence-electron chi connectivity index (χ1n) is 7.77. The zero-order valence-corrected chi connectivity index (χ0v) is 14.4. The fraction of sp³-hybridized carbons (Fsp3) is 0.105. The molecule has 0 spiro atoms. The smallest absolute Gasteiger partial charge is 0.270 e. The molecule has 1 heterocycles. The molecule has 126 valence electrons. The Morgan fingerprint density at radius 2 is 1.80 bits per heavy atom. The maximum atomic E-state index is 12.4. The lowest BCUT2D eigenvalue weighted by Gasteiger charge is -2.18. The number of carbonyl (C=O) groups is 1. The summed E-state index contributed by atoms with van der Waals surface area (Å²) in [5.74, 6) is 0.401. The Labute approximate surface area is 151 Å². The summed E-state index contributed by atoms with van der Waals surface area (Å²) >= 11 is 5.86. The van der Waals surface area contributed by atoms with Gasteiger partial charge in [0.05, 0.1) is 0 Å². The molecular formula is C19H17ClN4O. The zero-order valence-electron chi connectivity index (χ0n) is 13.7. The molecule has 1 N–H and O–H groups in total. The van der Waals surface area contributed by atoms with Crippen LogP contribution in [-0.2, 0) is 6.54 Å². The molecule has 0 bridgehead atoms. The Morgan fingerprint density at radius 3 is 2.52 bits per heavy atom. The van der Waals surface area contributed by atoms with Gasteiger partial charge in [0.25, 0.3) is 5.91 Å². The molecule has 2 aromatic carbocycles. The van der Waals surface area contributed by atoms with Gasteiger partial charge in [-0.3, -0.25) is 4.79 Å². The van der Waals surface area contributed by atoms with Gasteiger partial charge in [-0.25, -0.2) is 9.97 Å². The summed E-state index contributed by atoms with van der Waals surface area (Å²) in [7, 11) is 1.90. The van der Waals surface area contributed by atoms with Crippen LogP contribution < -0.4 is 10.2 Å². The minimum atomic E-state index is -0.250. The van der Waals surface area contributed by atoms with Gasteiger partial charge in [0.15, 0.2) is 0 Å². The van der Waals surface area contributed by atoms with Crippen LogP contribution in [0.4, 0.5) is 11.5 Å². The van der Waals surface area contributed by atoms with E-state index in [1.165, 1.54) is 6.33 Å². The molecule has 0 radical (unpaired) electrons. The number of hydrogen-bond donors (Lipinski definition) is 1. The third kappa shape index (κ3) is 4.33. The molecule has 3 aromatic rings. The zero-order chi connectivity index (χ0) is 17.6. The predicted molar refractivity (Wildman–Crippen MR) is 99.2 cm³/mol. The van der Waals surface area contributed by atoms with Crippen molar-refractivity contribution >= 4 is 29.0 Å². The van der Waals surface area contributed by atoms with E-state index >= 15 is 0 Å². The van der Waals surface area contributed by atoms with E-state index in [0.717, 1.165) is 11.3 Å². The van der Waals surface area contributed by atoms with Crippen molar-refractivity contribution < 1.29 is 4.79 Å². The highest BCUT2D eigenvalue weighted by molar-refractivity contribution is 6.30. The summed E-state index contributed by atoms with van der Waals surface area (Å²) in [4.78, 5) is 22.6. The normalized spacial score (nSPS) is 10.3. The van der Waals surface area contributed by atoms with E-state index in [1.54, 1.807) is 18.2 Å². The maximum Gasteiger partial charge on any atom is 0.270 e. The van der Waals surface area contributed by atoms with Crippen LogP contribution in [0.25, 0.3) is 0 Å². The average molecular weight is 353 g/mol. The second-order valence-corrected chi connectivity index (χ2v) is 5.90. The highest BCUT2D eigenvalue weighted by atomic mass is 35.5. The Bertz CT molecular complexity index is 853. The Hall–Kier alpha value is -2.92. The van der Waals surface area contributed by atoms with E-state index in [-0.39, 0.29) is 5.91 Å². The second-order valence-electron chi connectivity index (χ2n) is 5.47. The molecule has 0 atom stereocenters. The summed E-state index contributed by atoms with van der Waals surface area (Å²) in [6.07, 6.45) is 1.39. The molecule has 1 amide bonds. The summed E-state index contributed by atoms with van der Waals surface area (Å²) in [5, 5.41) is 3.52. The number of hydrogen-bond acceptors (Lipinski definition) is 4. The molecule has 1 aromatic heterocycles. The number of amides is 1. The van der Waals surface area contributed by atoms with E-state index in [2.05, 4.69) is 15.3 Å². The first-order valence-corrected chi connectivity index (χ1v) is 8.15. The lowest BCUT2D eigenvalue weighted by Crippen LogP contribution is -2.24. The van der Waals surface area contributed by atoms with Crippen molar-refractivity contribution in [2.75, 3.05) is 11.9 Å². The molecule has 0 fully saturated rings. The molecule has 0 unspecified atom stereocenters. The topological polar surface area (TPSA) is 58.1 Å². The molecule has 3 rings (SSSR count). The van der Waals surface area contributed by atoms with E-state index in [0.29, 0.717) is 23.1 Å². The summed E-state index contributed by atoms with van der Waals surface area (Å²) in [6.45, 7) is 0.407. The molecule has 0 aliphatic heterocycles. The van der Waals surface area contributed by atoms with Gasteiger partial charge in [-0.1, -0.05) is 41.9 Å². The minimum absolute atomic E-state index is 0.250. The Morgan fingerprint density at radius 1 is 1.08 bits per heavy atom. The van der Waals surface area contributed by atoms with Gasteiger partial charge < -0.3 is 10.2 Å². The lowest BCUT2D eigenvalue weighted by atomic mass is 10.2. The van der Waals surface area contributed by atoms with Gasteiger partial charge in [0.1, 0.15) is 17.8 Å². The fourth-order valence-corrected chi connectivity index (χ4v) is 2.44. The third-order valence-electron chi connectivity index (χ3n) is 3.74. The minimum Gasteiger partial charge on any atom is -0.347 e. The van der Waals surface area contributed by atoms with Crippen molar-refractivity contribution in [3.05, 3.63) is 83.3 Å². The van der Waals surface area contributed by atoms with Crippen molar-refractivity contribution in [1.82, 2.24) is 15.3 Å². The Kier molecular flexibility index (Phi) is 5.26. The number of para-hydroxylation sites is 1. The summed E-state index contributed by atoms with van der Waals surface area (Å²) < 4.78 is 0. The molecule has 0 aliphatic carbocycles. The van der Waals surface area contributed by atoms with Crippen molar-refractivity contribution in [3.63, 3.8) is 0 Å². The fourth-order valence-electron chi connectivity index (χ4n) is 2.31. The standard InChI is InChI=1S/C19H17ClN4O/c1-24(16-5-3-2-4-6-16)18-11-17(22-13-23-18)19(25)21-12-14-7-9-15(20)10-8-14/h2-11,13H,12H2,1H3,(H,21,25). The van der Waals surface area contributed by atoms with Gasteiger partial charge in [-0.2, -0.15) is 0 Å². The number of nitrogens with one attached hydrogen (secondary N) is 1. The van der Waals surface area contributed by atoms with Crippen LogP contribution in [0.2, 0.25) is 5.02 Å². The quantitative estimate of drug-likeness (QED) is 0.758. The second kappa shape index (κ2) is 7.77. The number of anilines is 2. The van der Waals surface area contributed by atoms with Crippen molar-refractivity contribution in [2.24, 2.45) is 0 Å². The largest absolute Gasteiger partial charge is 0.347 e. The van der Waals surface area contributed by atoms with Crippen molar-refractivity contribution in [3.8, 4) is 0 Å². The van der Waals surface area contributed by atoms with Crippen LogP contribution in [0.3, 0.4) is 0 Å². The summed E-state index contributed by atoms with van der Waals surface area (Å²) in [5.41, 5.74) is 2.27. The molecule has 6 heteroatoms. The van der Waals surface area contributed by atoms with Gasteiger partial charge in [-0.15, -0.1) is 0 Å². The number of benzene rings is 2. The monoisotopic (exact) mass is 352 g/mol. The lowest BCUT2D eigenvalue weighted by molar-refractivity contribution is 0.0946. The van der Waals surface area contributed by atoms with Gasteiger partial charge in [-0.05, 0) is 29.8 Å². The van der Waals surface area contributed by atoms with E-state index in [1.807, 2.05) is 54.4 Å². The molecular weight excluding hydrogens is 336 g/mol. The number of rotatable bonds is 5. The molecule has 5 nitrogen and oxygen atoms in total. The van der Waals surface area contributed by atoms with Crippen LogP contribution in [0.15, 0.2) is 67.0 Å². The first kappa shape index (κ1) is 16.9. The molecule has 0 saturated carbocycles. The van der Waals surface area contributed by atoms with Crippen molar-refractivity contribution in [2.45, 2.75) is 6.54 Å². The van der Waals surface area contributed by atoms with Crippen LogP contribution in [0, 0.1) is 0 Å². The Balaban J connectivity index is 1.70. The van der Waals surface area contributed by atoms with Gasteiger partial charge in [0, 0.05) is 30.4 Å². The summed E-state index contributed by atoms with van der Waals surface area (Å²) in [6, 6.07) is 18.8. The molecule has 0 saturated heterocycles. The average Bonchev–Trinajstić information content (AvgIpc) is 2.67. The highest BCUT2D eigenvalue weighted by Crippen LogP contribution is 2.20. The van der Waals surface area contributed by atoms with E-state index < -0.39 is 0 Å². The predicted octanol–water partition coefficient (Wildman–Crippen LogP) is 3.83. The van der Waals surface area contributed by atoms with Crippen LogP contribution in [0.5, 0.6) is 0 Å². The number of carbonyl (C=O) groups excluding carboxylic acids is 1. The number of halogens is 1. The van der Waals surface area contributed by atoms with E-state index in [4.69, 9.17) is 11.6 Å². The van der Waals surface area contributed by atoms with Crippen LogP contribution in [0.1, 0.15) is 16.1 Å². The first-order chi connectivity index (χ1) is 12.1. The van der Waals surface area contributed by atoms with Gasteiger partial charge in [0.2, 0.25) is 0 Å². The van der Waals surface area contributed by atoms with Crippen LogP contribution in [-0.4, -0.2) is 22.9 Å². The number of aromatic nitrogens is 2. The highest BCUT2D eigenvalue weighted by Gasteiger charge is 2.11.